The molecule has 6 nitrogen and oxygen atoms in total. The predicted octanol–water partition coefficient (Wildman–Crippen LogP) is 4.49. The standard InChI is InChI=1S/C24H28FN5OS/c1-13(9-28-23(31)22-20(26)21-24(32-22)29-14(2)10-27-21)18-6-5-17(8-19(18)25)30-11-15-3-4-16(7-15)12-30/h5-6,8,10,13,15-16H,3-4,7,9,11-12,26H2,1-2H3,(H,28,31)/t13-,15?,16?/m0/s1. The van der Waals surface area contributed by atoms with Crippen molar-refractivity contribution < 1.29 is 9.18 Å². The number of carbonyl (C=O) groups is 1. The third-order valence-corrected chi connectivity index (χ3v) is 7.91. The van der Waals surface area contributed by atoms with E-state index in [9.17, 15) is 9.18 Å². The molecule has 0 spiro atoms. The van der Waals surface area contributed by atoms with Gasteiger partial charge in [0, 0.05) is 37.4 Å². The Kier molecular flexibility index (Phi) is 5.49. The van der Waals surface area contributed by atoms with Crippen LogP contribution in [0.1, 0.15) is 53.0 Å². The summed E-state index contributed by atoms with van der Waals surface area (Å²) in [4.78, 5) is 24.8. The highest BCUT2D eigenvalue weighted by Gasteiger charge is 2.33. The topological polar surface area (TPSA) is 84.1 Å². The Morgan fingerprint density at radius 3 is 2.81 bits per heavy atom. The van der Waals surface area contributed by atoms with Crippen molar-refractivity contribution in [3.8, 4) is 0 Å². The average Bonchev–Trinajstić information content (AvgIpc) is 3.29. The van der Waals surface area contributed by atoms with E-state index in [2.05, 4.69) is 20.2 Å². The minimum atomic E-state index is -0.280. The molecule has 32 heavy (non-hydrogen) atoms. The first kappa shape index (κ1) is 21.1. The van der Waals surface area contributed by atoms with Crippen molar-refractivity contribution in [1.82, 2.24) is 15.3 Å². The van der Waals surface area contributed by atoms with Crippen LogP contribution < -0.4 is 16.0 Å². The molecule has 1 amide bonds. The first-order valence-corrected chi connectivity index (χ1v) is 12.0. The molecule has 2 bridgehead atoms. The van der Waals surface area contributed by atoms with E-state index in [1.165, 1.54) is 30.6 Å². The van der Waals surface area contributed by atoms with Crippen molar-refractivity contribution in [2.24, 2.45) is 11.8 Å². The summed E-state index contributed by atoms with van der Waals surface area (Å²) in [6, 6.07) is 5.54. The van der Waals surface area contributed by atoms with Gasteiger partial charge < -0.3 is 16.0 Å². The second kappa shape index (κ2) is 8.31. The lowest BCUT2D eigenvalue weighted by Crippen LogP contribution is -2.36. The van der Waals surface area contributed by atoms with E-state index in [1.54, 1.807) is 12.3 Å². The Balaban J connectivity index is 1.25. The number of halogens is 1. The van der Waals surface area contributed by atoms with Gasteiger partial charge in [0.25, 0.3) is 5.91 Å². The van der Waals surface area contributed by atoms with Crippen molar-refractivity contribution in [1.29, 1.82) is 0 Å². The molecule has 168 valence electrons. The van der Waals surface area contributed by atoms with E-state index in [0.717, 1.165) is 36.3 Å². The van der Waals surface area contributed by atoms with Crippen molar-refractivity contribution in [3.63, 3.8) is 0 Å². The molecule has 2 unspecified atom stereocenters. The summed E-state index contributed by atoms with van der Waals surface area (Å²) < 4.78 is 15.0. The highest BCUT2D eigenvalue weighted by Crippen LogP contribution is 2.38. The quantitative estimate of drug-likeness (QED) is 0.595. The number of hydrogen-bond acceptors (Lipinski definition) is 6. The number of thiophene rings is 1. The molecule has 2 fully saturated rings. The van der Waals surface area contributed by atoms with Crippen LogP contribution in [0.25, 0.3) is 10.3 Å². The zero-order valence-electron chi connectivity index (χ0n) is 18.4. The third-order valence-electron chi connectivity index (χ3n) is 6.82. The lowest BCUT2D eigenvalue weighted by atomic mass is 9.96. The Labute approximate surface area is 191 Å². The molecule has 3 heterocycles. The fourth-order valence-electron chi connectivity index (χ4n) is 5.11. The van der Waals surface area contributed by atoms with Gasteiger partial charge in [0.05, 0.1) is 11.4 Å². The number of carbonyl (C=O) groups excluding carboxylic acids is 1. The molecule has 1 aromatic carbocycles. The maximum atomic E-state index is 15.0. The molecule has 1 aliphatic carbocycles. The summed E-state index contributed by atoms with van der Waals surface area (Å²) in [6.45, 7) is 6.14. The molecule has 3 atom stereocenters. The average molecular weight is 454 g/mol. The van der Waals surface area contributed by atoms with Gasteiger partial charge in [0.15, 0.2) is 0 Å². The van der Waals surface area contributed by atoms with Crippen molar-refractivity contribution >= 4 is 39.0 Å². The van der Waals surface area contributed by atoms with Crippen molar-refractivity contribution in [2.75, 3.05) is 30.3 Å². The van der Waals surface area contributed by atoms with Gasteiger partial charge in [0.2, 0.25) is 0 Å². The number of hydrogen-bond donors (Lipinski definition) is 2. The van der Waals surface area contributed by atoms with Crippen LogP contribution >= 0.6 is 11.3 Å². The fourth-order valence-corrected chi connectivity index (χ4v) is 6.12. The second-order valence-electron chi connectivity index (χ2n) is 9.28. The number of nitrogens with one attached hydrogen (secondary N) is 1. The summed E-state index contributed by atoms with van der Waals surface area (Å²) in [5.41, 5.74) is 9.36. The Morgan fingerprint density at radius 1 is 1.34 bits per heavy atom. The van der Waals surface area contributed by atoms with Crippen LogP contribution in [0.15, 0.2) is 24.4 Å². The number of fused-ring (bicyclic) bond motifs is 3. The minimum absolute atomic E-state index is 0.167. The summed E-state index contributed by atoms with van der Waals surface area (Å²) in [6.07, 6.45) is 5.56. The first-order valence-electron chi connectivity index (χ1n) is 11.2. The number of aryl methyl sites for hydroxylation is 1. The summed E-state index contributed by atoms with van der Waals surface area (Å²) in [5.74, 6) is 0.840. The van der Waals surface area contributed by atoms with E-state index in [0.29, 0.717) is 33.0 Å². The fraction of sp³-hybridized carbons (Fsp3) is 0.458. The predicted molar refractivity (Wildman–Crippen MR) is 127 cm³/mol. The monoisotopic (exact) mass is 453 g/mol. The number of benzene rings is 1. The molecule has 5 rings (SSSR count). The molecule has 2 aliphatic rings. The van der Waals surface area contributed by atoms with Gasteiger partial charge >= 0.3 is 0 Å². The lowest BCUT2D eigenvalue weighted by Gasteiger charge is -2.34. The molecule has 3 N–H and O–H groups in total. The highest BCUT2D eigenvalue weighted by molar-refractivity contribution is 7.21. The van der Waals surface area contributed by atoms with Gasteiger partial charge in [-0.3, -0.25) is 4.79 Å². The largest absolute Gasteiger partial charge is 0.396 e. The maximum Gasteiger partial charge on any atom is 0.263 e. The zero-order valence-corrected chi connectivity index (χ0v) is 19.2. The molecule has 2 aromatic heterocycles. The number of aromatic nitrogens is 2. The van der Waals surface area contributed by atoms with E-state index < -0.39 is 0 Å². The number of nitrogens with zero attached hydrogens (tertiary/aromatic N) is 3. The van der Waals surface area contributed by atoms with Gasteiger partial charge in [-0.25, -0.2) is 14.4 Å². The Morgan fingerprint density at radius 2 is 2.09 bits per heavy atom. The molecule has 0 radical (unpaired) electrons. The summed E-state index contributed by atoms with van der Waals surface area (Å²) in [5, 5.41) is 2.90. The molecule has 1 saturated heterocycles. The van der Waals surface area contributed by atoms with Crippen molar-refractivity contribution in [3.05, 3.63) is 46.3 Å². The minimum Gasteiger partial charge on any atom is -0.396 e. The van der Waals surface area contributed by atoms with Crippen LogP contribution in [0.5, 0.6) is 0 Å². The van der Waals surface area contributed by atoms with Gasteiger partial charge in [-0.15, -0.1) is 11.3 Å². The van der Waals surface area contributed by atoms with Crippen LogP contribution in [-0.4, -0.2) is 35.5 Å². The number of piperidine rings is 1. The number of nitrogen functional groups attached to an aromatic ring is 1. The van der Waals surface area contributed by atoms with Crippen molar-refractivity contribution in [2.45, 2.75) is 39.0 Å². The van der Waals surface area contributed by atoms with E-state index in [4.69, 9.17) is 5.73 Å². The summed E-state index contributed by atoms with van der Waals surface area (Å²) in [7, 11) is 0. The number of amides is 1. The van der Waals surface area contributed by atoms with Gasteiger partial charge in [-0.05, 0) is 55.7 Å². The molecule has 1 saturated carbocycles. The SMILES string of the molecule is Cc1cnc2c(N)c(C(=O)NC[C@H](C)c3ccc(N4CC5CCC(C5)C4)cc3F)sc2n1. The molecule has 3 aromatic rings. The maximum absolute atomic E-state index is 15.0. The third kappa shape index (κ3) is 3.92. The number of rotatable bonds is 5. The Bertz CT molecular complexity index is 1170. The van der Waals surface area contributed by atoms with Crippen LogP contribution in [0.2, 0.25) is 0 Å². The number of nitrogens with two attached hydrogens (primary N) is 1. The highest BCUT2D eigenvalue weighted by atomic mass is 32.1. The van der Waals surface area contributed by atoms with Gasteiger partial charge in [0.1, 0.15) is 21.0 Å². The smallest absolute Gasteiger partial charge is 0.263 e. The molecule has 1 aliphatic heterocycles. The lowest BCUT2D eigenvalue weighted by molar-refractivity contribution is 0.0956. The van der Waals surface area contributed by atoms with E-state index in [1.807, 2.05) is 26.0 Å². The van der Waals surface area contributed by atoms with Crippen LogP contribution in [0.4, 0.5) is 15.8 Å². The van der Waals surface area contributed by atoms with Gasteiger partial charge in [-0.1, -0.05) is 13.0 Å². The van der Waals surface area contributed by atoms with Gasteiger partial charge in [-0.2, -0.15) is 0 Å². The van der Waals surface area contributed by atoms with E-state index in [-0.39, 0.29) is 17.6 Å². The number of anilines is 2. The first-order chi connectivity index (χ1) is 15.4. The van der Waals surface area contributed by atoms with E-state index >= 15 is 0 Å². The van der Waals surface area contributed by atoms with Crippen LogP contribution in [0.3, 0.4) is 0 Å². The summed E-state index contributed by atoms with van der Waals surface area (Å²) >= 11 is 1.23. The Hall–Kier alpha value is -2.74. The molecule has 8 heteroatoms. The normalized spacial score (nSPS) is 21.2. The van der Waals surface area contributed by atoms with Crippen LogP contribution in [0, 0.1) is 24.6 Å². The zero-order chi connectivity index (χ0) is 22.4. The second-order valence-corrected chi connectivity index (χ2v) is 10.3. The molecular weight excluding hydrogens is 425 g/mol. The van der Waals surface area contributed by atoms with Crippen LogP contribution in [-0.2, 0) is 0 Å². The molecular formula is C24H28FN5OS.